The van der Waals surface area contributed by atoms with E-state index in [9.17, 15) is 9.59 Å². The van der Waals surface area contributed by atoms with Gasteiger partial charge in [0.2, 0.25) is 5.91 Å². The molecule has 1 aliphatic carbocycles. The Balaban J connectivity index is 1.19. The van der Waals surface area contributed by atoms with Crippen LogP contribution in [0.1, 0.15) is 61.7 Å². The van der Waals surface area contributed by atoms with Crippen LogP contribution in [0, 0.1) is 5.92 Å². The standard InChI is InChI=1S/C23H32N4O2/c28-21(27-13-5-7-17-6-1-4-10-20(17)27)16-26-14-11-23(12-15-26)24-19-9-3-2-8-18(19)22(29)25-23/h2-3,8-9,17,20,24H,1,4-7,10-16H2,(H,25,29)/t17-,20+/m0/s1. The van der Waals surface area contributed by atoms with Crippen LogP contribution < -0.4 is 10.6 Å². The fourth-order valence-electron chi connectivity index (χ4n) is 5.92. The number of benzene rings is 1. The number of para-hydroxylation sites is 1. The van der Waals surface area contributed by atoms with E-state index in [4.69, 9.17) is 0 Å². The quantitative estimate of drug-likeness (QED) is 0.807. The molecule has 156 valence electrons. The zero-order valence-corrected chi connectivity index (χ0v) is 17.2. The lowest BCUT2D eigenvalue weighted by molar-refractivity contribution is -0.139. The molecule has 29 heavy (non-hydrogen) atoms. The van der Waals surface area contributed by atoms with Crippen molar-refractivity contribution < 1.29 is 9.59 Å². The van der Waals surface area contributed by atoms with E-state index in [1.807, 2.05) is 24.3 Å². The van der Waals surface area contributed by atoms with Gasteiger partial charge in [0, 0.05) is 44.2 Å². The first kappa shape index (κ1) is 18.9. The summed E-state index contributed by atoms with van der Waals surface area (Å²) < 4.78 is 0. The zero-order valence-electron chi connectivity index (χ0n) is 17.2. The van der Waals surface area contributed by atoms with Crippen molar-refractivity contribution >= 4 is 17.5 Å². The number of nitrogens with zero attached hydrogens (tertiary/aromatic N) is 2. The normalized spacial score (nSPS) is 28.8. The predicted molar refractivity (Wildman–Crippen MR) is 113 cm³/mol. The van der Waals surface area contributed by atoms with Crippen LogP contribution in [0.4, 0.5) is 5.69 Å². The number of amides is 2. The molecule has 6 nitrogen and oxygen atoms in total. The highest BCUT2D eigenvalue weighted by Crippen LogP contribution is 2.36. The number of rotatable bonds is 2. The van der Waals surface area contributed by atoms with Gasteiger partial charge in [-0.25, -0.2) is 0 Å². The van der Waals surface area contributed by atoms with Crippen LogP contribution in [0.25, 0.3) is 0 Å². The summed E-state index contributed by atoms with van der Waals surface area (Å²) in [4.78, 5) is 30.1. The number of piperidine rings is 2. The van der Waals surface area contributed by atoms with Crippen LogP contribution in [-0.4, -0.2) is 59.5 Å². The highest BCUT2D eigenvalue weighted by atomic mass is 16.2. The third kappa shape index (κ3) is 3.63. The zero-order chi connectivity index (χ0) is 19.8. The fourth-order valence-corrected chi connectivity index (χ4v) is 5.92. The van der Waals surface area contributed by atoms with Crippen LogP contribution in [0.5, 0.6) is 0 Å². The molecule has 0 unspecified atom stereocenters. The Morgan fingerprint density at radius 3 is 2.62 bits per heavy atom. The van der Waals surface area contributed by atoms with Gasteiger partial charge in [0.1, 0.15) is 5.66 Å². The molecule has 5 rings (SSSR count). The van der Waals surface area contributed by atoms with E-state index in [0.717, 1.165) is 50.5 Å². The van der Waals surface area contributed by atoms with Crippen LogP contribution in [0.3, 0.4) is 0 Å². The van der Waals surface area contributed by atoms with Gasteiger partial charge in [0.15, 0.2) is 0 Å². The highest BCUT2D eigenvalue weighted by Gasteiger charge is 2.41. The van der Waals surface area contributed by atoms with Crippen molar-refractivity contribution in [3.8, 4) is 0 Å². The van der Waals surface area contributed by atoms with Crippen molar-refractivity contribution in [1.82, 2.24) is 15.1 Å². The molecular weight excluding hydrogens is 364 g/mol. The molecule has 1 spiro atoms. The SMILES string of the molecule is O=C1NC2(CCN(CC(=O)N3CCC[C@@H]4CCCC[C@H]43)CC2)Nc2ccccc21. The minimum absolute atomic E-state index is 0.000494. The summed E-state index contributed by atoms with van der Waals surface area (Å²) in [5, 5.41) is 6.75. The molecule has 0 bridgehead atoms. The summed E-state index contributed by atoms with van der Waals surface area (Å²) in [6.45, 7) is 3.10. The second-order valence-electron chi connectivity index (χ2n) is 9.32. The monoisotopic (exact) mass is 396 g/mol. The van der Waals surface area contributed by atoms with Gasteiger partial charge in [-0.1, -0.05) is 25.0 Å². The predicted octanol–water partition coefficient (Wildman–Crippen LogP) is 2.82. The average Bonchev–Trinajstić information content (AvgIpc) is 2.75. The van der Waals surface area contributed by atoms with Crippen molar-refractivity contribution in [1.29, 1.82) is 0 Å². The number of nitrogens with one attached hydrogen (secondary N) is 2. The Bertz CT molecular complexity index is 785. The van der Waals surface area contributed by atoms with Crippen molar-refractivity contribution in [3.63, 3.8) is 0 Å². The Kier molecular flexibility index (Phi) is 4.98. The molecule has 0 radical (unpaired) electrons. The minimum Gasteiger partial charge on any atom is -0.362 e. The van der Waals surface area contributed by atoms with Gasteiger partial charge in [-0.15, -0.1) is 0 Å². The topological polar surface area (TPSA) is 64.7 Å². The molecular formula is C23H32N4O2. The molecule has 1 aromatic rings. The summed E-state index contributed by atoms with van der Waals surface area (Å²) in [7, 11) is 0. The molecule has 4 aliphatic rings. The average molecular weight is 397 g/mol. The summed E-state index contributed by atoms with van der Waals surface area (Å²) in [5.41, 5.74) is 1.24. The molecule has 2 amide bonds. The van der Waals surface area contributed by atoms with Crippen LogP contribution in [0.2, 0.25) is 0 Å². The number of likely N-dealkylation sites (tertiary alicyclic amines) is 2. The van der Waals surface area contributed by atoms with Gasteiger partial charge in [-0.3, -0.25) is 14.5 Å². The second-order valence-corrected chi connectivity index (χ2v) is 9.32. The first-order valence-corrected chi connectivity index (χ1v) is 11.4. The maximum Gasteiger partial charge on any atom is 0.255 e. The second kappa shape index (κ2) is 7.63. The number of carbonyl (C=O) groups is 2. The summed E-state index contributed by atoms with van der Waals surface area (Å²) in [5.74, 6) is 1.04. The van der Waals surface area contributed by atoms with Crippen molar-refractivity contribution in [2.45, 2.75) is 63.1 Å². The molecule has 3 fully saturated rings. The molecule has 3 heterocycles. The molecule has 2 atom stereocenters. The van der Waals surface area contributed by atoms with E-state index >= 15 is 0 Å². The first-order valence-electron chi connectivity index (χ1n) is 11.4. The maximum atomic E-state index is 13.1. The van der Waals surface area contributed by atoms with Gasteiger partial charge in [-0.2, -0.15) is 0 Å². The number of carbonyl (C=O) groups excluding carboxylic acids is 2. The summed E-state index contributed by atoms with van der Waals surface area (Å²) >= 11 is 0. The smallest absolute Gasteiger partial charge is 0.255 e. The number of hydrogen-bond acceptors (Lipinski definition) is 4. The Hall–Kier alpha value is -2.08. The van der Waals surface area contributed by atoms with Crippen molar-refractivity contribution in [2.75, 3.05) is 31.5 Å². The van der Waals surface area contributed by atoms with Gasteiger partial charge >= 0.3 is 0 Å². The number of anilines is 1. The molecule has 2 saturated heterocycles. The highest BCUT2D eigenvalue weighted by molar-refractivity contribution is 6.02. The van der Waals surface area contributed by atoms with Crippen molar-refractivity contribution in [2.24, 2.45) is 5.92 Å². The Labute approximate surface area is 173 Å². The maximum absolute atomic E-state index is 13.1. The van der Waals surface area contributed by atoms with E-state index in [-0.39, 0.29) is 11.6 Å². The fraction of sp³-hybridized carbons (Fsp3) is 0.652. The third-order valence-corrected chi connectivity index (χ3v) is 7.53. The van der Waals surface area contributed by atoms with Gasteiger partial charge in [0.25, 0.3) is 5.91 Å². The van der Waals surface area contributed by atoms with Gasteiger partial charge < -0.3 is 15.5 Å². The van der Waals surface area contributed by atoms with E-state index in [0.29, 0.717) is 24.1 Å². The third-order valence-electron chi connectivity index (χ3n) is 7.53. The van der Waals surface area contributed by atoms with Gasteiger partial charge in [0.05, 0.1) is 12.1 Å². The molecule has 3 aliphatic heterocycles. The molecule has 0 aromatic heterocycles. The Morgan fingerprint density at radius 1 is 1.00 bits per heavy atom. The van der Waals surface area contributed by atoms with Crippen LogP contribution >= 0.6 is 0 Å². The lowest BCUT2D eigenvalue weighted by Gasteiger charge is -2.47. The van der Waals surface area contributed by atoms with Gasteiger partial charge in [-0.05, 0) is 43.7 Å². The summed E-state index contributed by atoms with van der Waals surface area (Å²) in [6, 6.07) is 8.17. The first-order chi connectivity index (χ1) is 14.1. The van der Waals surface area contributed by atoms with Crippen molar-refractivity contribution in [3.05, 3.63) is 29.8 Å². The molecule has 1 aromatic carbocycles. The number of hydrogen-bond donors (Lipinski definition) is 2. The molecule has 1 saturated carbocycles. The van der Waals surface area contributed by atoms with E-state index in [1.165, 1.54) is 32.1 Å². The largest absolute Gasteiger partial charge is 0.362 e. The Morgan fingerprint density at radius 2 is 1.76 bits per heavy atom. The van der Waals surface area contributed by atoms with Crippen LogP contribution in [-0.2, 0) is 4.79 Å². The van der Waals surface area contributed by atoms with E-state index in [1.54, 1.807) is 0 Å². The molecule has 2 N–H and O–H groups in total. The van der Waals surface area contributed by atoms with E-state index in [2.05, 4.69) is 20.4 Å². The minimum atomic E-state index is -0.384. The van der Waals surface area contributed by atoms with E-state index < -0.39 is 0 Å². The lowest BCUT2D eigenvalue weighted by Crippen LogP contribution is -2.63. The lowest BCUT2D eigenvalue weighted by atomic mass is 9.78. The van der Waals surface area contributed by atoms with Crippen LogP contribution in [0.15, 0.2) is 24.3 Å². The molecule has 6 heteroatoms. The summed E-state index contributed by atoms with van der Waals surface area (Å²) in [6.07, 6.45) is 9.17. The number of fused-ring (bicyclic) bond motifs is 2.